The first-order chi connectivity index (χ1) is 11.3. The number of hydrogen-bond acceptors (Lipinski definition) is 5. The van der Waals surface area contributed by atoms with Gasteiger partial charge in [0.15, 0.2) is 0 Å². The van der Waals surface area contributed by atoms with Crippen LogP contribution in [0.4, 0.5) is 4.39 Å². The summed E-state index contributed by atoms with van der Waals surface area (Å²) in [7, 11) is 0. The van der Waals surface area contributed by atoms with Crippen molar-refractivity contribution in [2.24, 2.45) is 0 Å². The van der Waals surface area contributed by atoms with Crippen molar-refractivity contribution in [1.82, 2.24) is 35.6 Å². The van der Waals surface area contributed by atoms with Gasteiger partial charge in [0.2, 0.25) is 5.82 Å². The second kappa shape index (κ2) is 5.41. The van der Waals surface area contributed by atoms with E-state index in [2.05, 4.69) is 35.6 Å². The van der Waals surface area contributed by atoms with Crippen LogP contribution < -0.4 is 0 Å². The number of tetrazole rings is 1. The average Bonchev–Trinajstić information content (AvgIpc) is 3.28. The highest BCUT2D eigenvalue weighted by atomic mass is 19.1. The molecule has 0 aliphatic carbocycles. The molecule has 0 amide bonds. The Morgan fingerprint density at radius 2 is 1.91 bits per heavy atom. The molecule has 112 valence electrons. The number of H-pyrrole nitrogens is 2. The Morgan fingerprint density at radius 1 is 1.00 bits per heavy atom. The maximum atomic E-state index is 14.3. The third-order valence-corrected chi connectivity index (χ3v) is 3.42. The van der Waals surface area contributed by atoms with Crippen LogP contribution in [-0.4, -0.2) is 35.6 Å². The highest BCUT2D eigenvalue weighted by Crippen LogP contribution is 2.36. The highest BCUT2D eigenvalue weighted by molar-refractivity contribution is 5.89. The minimum atomic E-state index is -0.359. The second-order valence-corrected chi connectivity index (χ2v) is 4.75. The zero-order valence-corrected chi connectivity index (χ0v) is 11.7. The molecule has 8 heteroatoms. The van der Waals surface area contributed by atoms with Crippen molar-refractivity contribution in [3.05, 3.63) is 54.9 Å². The standard InChI is InChI=1S/C15H10FN7/c16-11-4-2-1-3-9(11)14-13(12-7-17-8-19-12)10(5-6-18-14)15-20-22-23-21-15/h1-8H,(H,17,19)(H,20,21,22,23). The van der Waals surface area contributed by atoms with Gasteiger partial charge in [0.05, 0.1) is 17.7 Å². The number of rotatable bonds is 3. The number of aromatic nitrogens is 7. The van der Waals surface area contributed by atoms with E-state index < -0.39 is 0 Å². The molecule has 0 saturated carbocycles. The van der Waals surface area contributed by atoms with E-state index in [0.29, 0.717) is 33.9 Å². The van der Waals surface area contributed by atoms with Gasteiger partial charge in [-0.2, -0.15) is 5.21 Å². The minimum absolute atomic E-state index is 0.359. The summed E-state index contributed by atoms with van der Waals surface area (Å²) in [4.78, 5) is 11.5. The van der Waals surface area contributed by atoms with E-state index in [4.69, 9.17) is 0 Å². The lowest BCUT2D eigenvalue weighted by Crippen LogP contribution is -1.96. The smallest absolute Gasteiger partial charge is 0.205 e. The number of pyridine rings is 1. The predicted molar refractivity (Wildman–Crippen MR) is 80.4 cm³/mol. The number of imidazole rings is 1. The molecule has 0 radical (unpaired) electrons. The van der Waals surface area contributed by atoms with Gasteiger partial charge in [0.25, 0.3) is 0 Å². The molecule has 1 aromatic carbocycles. The molecule has 0 bridgehead atoms. The molecule has 0 aliphatic rings. The van der Waals surface area contributed by atoms with Gasteiger partial charge < -0.3 is 4.98 Å². The van der Waals surface area contributed by atoms with E-state index in [1.54, 1.807) is 43.0 Å². The number of nitrogens with one attached hydrogen (secondary N) is 2. The van der Waals surface area contributed by atoms with E-state index in [9.17, 15) is 4.39 Å². The van der Waals surface area contributed by atoms with Gasteiger partial charge in [-0.25, -0.2) is 9.37 Å². The number of halogens is 1. The van der Waals surface area contributed by atoms with Gasteiger partial charge in [-0.1, -0.05) is 12.1 Å². The Bertz CT molecular complexity index is 932. The zero-order valence-electron chi connectivity index (χ0n) is 11.7. The minimum Gasteiger partial charge on any atom is -0.351 e. The van der Waals surface area contributed by atoms with E-state index >= 15 is 0 Å². The number of nitrogens with zero attached hydrogens (tertiary/aromatic N) is 5. The molecule has 2 N–H and O–H groups in total. The van der Waals surface area contributed by atoms with Crippen molar-refractivity contribution in [3.8, 4) is 33.9 Å². The normalized spacial score (nSPS) is 10.8. The lowest BCUT2D eigenvalue weighted by molar-refractivity contribution is 0.631. The molecule has 0 spiro atoms. The van der Waals surface area contributed by atoms with Crippen molar-refractivity contribution in [3.63, 3.8) is 0 Å². The molecule has 23 heavy (non-hydrogen) atoms. The third-order valence-electron chi connectivity index (χ3n) is 3.42. The summed E-state index contributed by atoms with van der Waals surface area (Å²) in [6, 6.07) is 8.21. The lowest BCUT2D eigenvalue weighted by atomic mass is 9.98. The van der Waals surface area contributed by atoms with Crippen LogP contribution in [0, 0.1) is 5.82 Å². The summed E-state index contributed by atoms with van der Waals surface area (Å²) in [5.41, 5.74) is 2.78. The van der Waals surface area contributed by atoms with E-state index in [0.717, 1.165) is 0 Å². The van der Waals surface area contributed by atoms with Gasteiger partial charge in [0, 0.05) is 29.1 Å². The van der Waals surface area contributed by atoms with Gasteiger partial charge in [-0.05, 0) is 23.4 Å². The van der Waals surface area contributed by atoms with Crippen molar-refractivity contribution in [2.75, 3.05) is 0 Å². The van der Waals surface area contributed by atoms with E-state index in [-0.39, 0.29) is 5.82 Å². The Morgan fingerprint density at radius 3 is 2.65 bits per heavy atom. The first kappa shape index (κ1) is 13.3. The molecule has 4 rings (SSSR count). The summed E-state index contributed by atoms with van der Waals surface area (Å²) in [6.07, 6.45) is 4.85. The molecule has 0 fully saturated rings. The summed E-state index contributed by atoms with van der Waals surface area (Å²) in [5, 5.41) is 14.0. The summed E-state index contributed by atoms with van der Waals surface area (Å²) in [6.45, 7) is 0. The fraction of sp³-hybridized carbons (Fsp3) is 0. The quantitative estimate of drug-likeness (QED) is 0.606. The fourth-order valence-corrected chi connectivity index (χ4v) is 2.44. The molecular formula is C15H10FN7. The summed E-state index contributed by atoms with van der Waals surface area (Å²) < 4.78 is 14.3. The highest BCUT2D eigenvalue weighted by Gasteiger charge is 2.20. The van der Waals surface area contributed by atoms with Crippen LogP contribution in [0.15, 0.2) is 49.1 Å². The zero-order chi connectivity index (χ0) is 15.6. The van der Waals surface area contributed by atoms with E-state index in [1.165, 1.54) is 6.07 Å². The molecule has 7 nitrogen and oxygen atoms in total. The van der Waals surface area contributed by atoms with Crippen molar-refractivity contribution in [1.29, 1.82) is 0 Å². The number of aromatic amines is 2. The first-order valence-electron chi connectivity index (χ1n) is 6.81. The Balaban J connectivity index is 2.04. The topological polar surface area (TPSA) is 96.0 Å². The van der Waals surface area contributed by atoms with Crippen molar-refractivity contribution in [2.45, 2.75) is 0 Å². The summed E-state index contributed by atoms with van der Waals surface area (Å²) in [5.74, 6) is 0.0324. The second-order valence-electron chi connectivity index (χ2n) is 4.75. The average molecular weight is 307 g/mol. The Hall–Kier alpha value is -3.42. The monoisotopic (exact) mass is 307 g/mol. The molecule has 3 heterocycles. The predicted octanol–water partition coefficient (Wildman–Crippen LogP) is 2.46. The maximum Gasteiger partial charge on any atom is 0.205 e. The van der Waals surface area contributed by atoms with Crippen molar-refractivity contribution >= 4 is 0 Å². The van der Waals surface area contributed by atoms with Crippen LogP contribution in [0.5, 0.6) is 0 Å². The number of hydrogen-bond donors (Lipinski definition) is 2. The number of benzene rings is 1. The van der Waals surface area contributed by atoms with Crippen LogP contribution in [0.3, 0.4) is 0 Å². The molecule has 0 aliphatic heterocycles. The van der Waals surface area contributed by atoms with Crippen LogP contribution in [0.1, 0.15) is 0 Å². The molecule has 0 unspecified atom stereocenters. The van der Waals surface area contributed by atoms with Gasteiger partial charge in [-0.3, -0.25) is 4.98 Å². The van der Waals surface area contributed by atoms with Gasteiger partial charge in [-0.15, -0.1) is 10.2 Å². The van der Waals surface area contributed by atoms with Crippen LogP contribution >= 0.6 is 0 Å². The third kappa shape index (κ3) is 2.26. The molecular weight excluding hydrogens is 297 g/mol. The molecule has 3 aromatic heterocycles. The van der Waals surface area contributed by atoms with Gasteiger partial charge in [0.1, 0.15) is 5.82 Å². The molecule has 0 atom stereocenters. The lowest BCUT2D eigenvalue weighted by Gasteiger charge is -2.11. The fourth-order valence-electron chi connectivity index (χ4n) is 2.44. The van der Waals surface area contributed by atoms with Crippen LogP contribution in [0.25, 0.3) is 33.9 Å². The maximum absolute atomic E-state index is 14.3. The SMILES string of the molecule is Fc1ccccc1-c1nccc(-c2nn[nH]n2)c1-c1c[nH]cn1. The van der Waals surface area contributed by atoms with Crippen molar-refractivity contribution < 1.29 is 4.39 Å². The Labute approximate surface area is 129 Å². The first-order valence-corrected chi connectivity index (χ1v) is 6.81. The van der Waals surface area contributed by atoms with Gasteiger partial charge >= 0.3 is 0 Å². The largest absolute Gasteiger partial charge is 0.351 e. The van der Waals surface area contributed by atoms with Crippen LogP contribution in [0.2, 0.25) is 0 Å². The molecule has 0 saturated heterocycles. The molecule has 4 aromatic rings. The summed E-state index contributed by atoms with van der Waals surface area (Å²) >= 11 is 0. The Kier molecular flexibility index (Phi) is 3.12. The van der Waals surface area contributed by atoms with E-state index in [1.807, 2.05) is 0 Å². The van der Waals surface area contributed by atoms with Crippen LogP contribution in [-0.2, 0) is 0 Å².